The summed E-state index contributed by atoms with van der Waals surface area (Å²) in [7, 11) is 0. The Morgan fingerprint density at radius 1 is 0.923 bits per heavy atom. The van der Waals surface area contributed by atoms with Gasteiger partial charge in [-0.25, -0.2) is 4.98 Å². The van der Waals surface area contributed by atoms with E-state index in [1.54, 1.807) is 5.56 Å². The quantitative estimate of drug-likeness (QED) is 0.715. The molecule has 2 heterocycles. The van der Waals surface area contributed by atoms with Gasteiger partial charge in [0.15, 0.2) is 0 Å². The molecule has 1 saturated heterocycles. The Morgan fingerprint density at radius 2 is 1.73 bits per heavy atom. The fraction of sp³-hybridized carbons (Fsp3) is 0.435. The zero-order valence-electron chi connectivity index (χ0n) is 15.3. The predicted octanol–water partition coefficient (Wildman–Crippen LogP) is 5.11. The number of para-hydroxylation sites is 2. The van der Waals surface area contributed by atoms with Gasteiger partial charge in [0, 0.05) is 6.04 Å². The molecule has 2 fully saturated rings. The number of aromatic amines is 1. The zero-order valence-corrected chi connectivity index (χ0v) is 15.3. The second kappa shape index (κ2) is 6.88. The predicted molar refractivity (Wildman–Crippen MR) is 106 cm³/mol. The van der Waals surface area contributed by atoms with E-state index in [-0.39, 0.29) is 0 Å². The summed E-state index contributed by atoms with van der Waals surface area (Å²) in [6, 6.07) is 20.3. The van der Waals surface area contributed by atoms with E-state index in [1.165, 1.54) is 38.6 Å². The molecule has 3 nitrogen and oxygen atoms in total. The highest BCUT2D eigenvalue weighted by Gasteiger charge is 2.39. The van der Waals surface area contributed by atoms with E-state index in [0.717, 1.165) is 35.2 Å². The highest BCUT2D eigenvalue weighted by atomic mass is 15.2. The van der Waals surface area contributed by atoms with Crippen molar-refractivity contribution in [2.24, 2.45) is 5.92 Å². The Labute approximate surface area is 155 Å². The SMILES string of the molecule is c1ccc([C@H]2CCN(Cc3nc4ccccc4[nH]3)[C@@H]3CCCCC23)cc1. The van der Waals surface area contributed by atoms with Crippen LogP contribution in [-0.4, -0.2) is 27.5 Å². The van der Waals surface area contributed by atoms with Gasteiger partial charge in [0.2, 0.25) is 0 Å². The average Bonchev–Trinajstić information content (AvgIpc) is 3.11. The number of benzene rings is 2. The van der Waals surface area contributed by atoms with E-state index in [0.29, 0.717) is 6.04 Å². The summed E-state index contributed by atoms with van der Waals surface area (Å²) < 4.78 is 0. The average molecular weight is 345 g/mol. The van der Waals surface area contributed by atoms with Gasteiger partial charge in [0.05, 0.1) is 17.6 Å². The molecule has 5 rings (SSSR count). The molecule has 1 unspecified atom stereocenters. The van der Waals surface area contributed by atoms with Crippen LogP contribution in [-0.2, 0) is 6.54 Å². The molecule has 3 heteroatoms. The number of piperidine rings is 1. The van der Waals surface area contributed by atoms with Crippen LogP contribution in [0.2, 0.25) is 0 Å². The topological polar surface area (TPSA) is 31.9 Å². The lowest BCUT2D eigenvalue weighted by Crippen LogP contribution is -2.49. The normalized spacial score (nSPS) is 26.7. The highest BCUT2D eigenvalue weighted by Crippen LogP contribution is 2.44. The highest BCUT2D eigenvalue weighted by molar-refractivity contribution is 5.74. The second-order valence-corrected chi connectivity index (χ2v) is 7.99. The van der Waals surface area contributed by atoms with E-state index in [9.17, 15) is 0 Å². The maximum Gasteiger partial charge on any atom is 0.121 e. The third-order valence-corrected chi connectivity index (χ3v) is 6.51. The minimum atomic E-state index is 0.705. The monoisotopic (exact) mass is 345 g/mol. The number of likely N-dealkylation sites (tertiary alicyclic amines) is 1. The smallest absolute Gasteiger partial charge is 0.121 e. The number of nitrogens with one attached hydrogen (secondary N) is 1. The minimum Gasteiger partial charge on any atom is -0.341 e. The standard InChI is InChI=1S/C23H27N3/c1-2-8-17(9-3-1)18-14-15-26(22-13-7-4-10-19(18)22)16-23-24-20-11-5-6-12-21(20)25-23/h1-3,5-6,8-9,11-12,18-19,22H,4,7,10,13-16H2,(H,24,25)/t18-,19?,22-/m1/s1. The number of imidazole rings is 1. The van der Waals surface area contributed by atoms with Crippen molar-refractivity contribution in [1.82, 2.24) is 14.9 Å². The number of fused-ring (bicyclic) bond motifs is 2. The van der Waals surface area contributed by atoms with Crippen molar-refractivity contribution in [1.29, 1.82) is 0 Å². The molecule has 0 radical (unpaired) electrons. The second-order valence-electron chi connectivity index (χ2n) is 7.99. The molecule has 3 atom stereocenters. The lowest BCUT2D eigenvalue weighted by Gasteiger charge is -2.48. The van der Waals surface area contributed by atoms with Gasteiger partial charge in [0.25, 0.3) is 0 Å². The summed E-state index contributed by atoms with van der Waals surface area (Å²) in [5, 5.41) is 0. The fourth-order valence-corrected chi connectivity index (χ4v) is 5.33. The Kier molecular flexibility index (Phi) is 4.25. The van der Waals surface area contributed by atoms with Crippen LogP contribution in [0.1, 0.15) is 49.4 Å². The zero-order chi connectivity index (χ0) is 17.3. The minimum absolute atomic E-state index is 0.705. The summed E-state index contributed by atoms with van der Waals surface area (Å²) in [5.41, 5.74) is 3.79. The van der Waals surface area contributed by atoms with Crippen molar-refractivity contribution in [2.75, 3.05) is 6.54 Å². The van der Waals surface area contributed by atoms with Crippen molar-refractivity contribution >= 4 is 11.0 Å². The maximum absolute atomic E-state index is 4.82. The van der Waals surface area contributed by atoms with Gasteiger partial charge in [-0.15, -0.1) is 0 Å². The van der Waals surface area contributed by atoms with Crippen molar-refractivity contribution in [3.05, 3.63) is 66.0 Å². The van der Waals surface area contributed by atoms with Crippen molar-refractivity contribution in [3.63, 3.8) is 0 Å². The molecule has 1 N–H and O–H groups in total. The number of nitrogens with zero attached hydrogens (tertiary/aromatic N) is 2. The number of H-pyrrole nitrogens is 1. The molecule has 0 bridgehead atoms. The summed E-state index contributed by atoms with van der Waals surface area (Å²) >= 11 is 0. The summed E-state index contributed by atoms with van der Waals surface area (Å²) in [5.74, 6) is 2.64. The number of hydrogen-bond donors (Lipinski definition) is 1. The van der Waals surface area contributed by atoms with Crippen LogP contribution in [0.5, 0.6) is 0 Å². The Bertz CT molecular complexity index is 836. The van der Waals surface area contributed by atoms with E-state index in [2.05, 4.69) is 64.5 Å². The molecule has 134 valence electrons. The molecule has 1 aromatic heterocycles. The molecule has 0 amide bonds. The van der Waals surface area contributed by atoms with Crippen LogP contribution in [0.15, 0.2) is 54.6 Å². The van der Waals surface area contributed by atoms with E-state index in [1.807, 2.05) is 0 Å². The molecular weight excluding hydrogens is 318 g/mol. The molecule has 1 saturated carbocycles. The van der Waals surface area contributed by atoms with Gasteiger partial charge in [-0.3, -0.25) is 4.90 Å². The fourth-order valence-electron chi connectivity index (χ4n) is 5.33. The lowest BCUT2D eigenvalue weighted by atomic mass is 9.69. The largest absolute Gasteiger partial charge is 0.341 e. The van der Waals surface area contributed by atoms with Gasteiger partial charge in [-0.2, -0.15) is 0 Å². The molecule has 1 aliphatic heterocycles. The molecule has 26 heavy (non-hydrogen) atoms. The third-order valence-electron chi connectivity index (χ3n) is 6.51. The van der Waals surface area contributed by atoms with Crippen molar-refractivity contribution in [2.45, 2.75) is 50.6 Å². The number of aromatic nitrogens is 2. The summed E-state index contributed by atoms with van der Waals surface area (Å²) in [4.78, 5) is 11.1. The molecule has 2 aliphatic rings. The maximum atomic E-state index is 4.82. The van der Waals surface area contributed by atoms with E-state index < -0.39 is 0 Å². The molecule has 0 spiro atoms. The molecule has 3 aromatic rings. The van der Waals surface area contributed by atoms with E-state index in [4.69, 9.17) is 4.98 Å². The van der Waals surface area contributed by atoms with Gasteiger partial charge < -0.3 is 4.98 Å². The first-order valence-corrected chi connectivity index (χ1v) is 10.1. The van der Waals surface area contributed by atoms with Gasteiger partial charge in [0.1, 0.15) is 5.82 Å². The van der Waals surface area contributed by atoms with Crippen LogP contribution in [0.25, 0.3) is 11.0 Å². The van der Waals surface area contributed by atoms with Crippen molar-refractivity contribution < 1.29 is 0 Å². The van der Waals surface area contributed by atoms with E-state index >= 15 is 0 Å². The van der Waals surface area contributed by atoms with Gasteiger partial charge in [-0.1, -0.05) is 55.3 Å². The summed E-state index contributed by atoms with van der Waals surface area (Å²) in [6.07, 6.45) is 6.75. The van der Waals surface area contributed by atoms with Crippen LogP contribution >= 0.6 is 0 Å². The van der Waals surface area contributed by atoms with Gasteiger partial charge >= 0.3 is 0 Å². The number of hydrogen-bond acceptors (Lipinski definition) is 2. The first-order chi connectivity index (χ1) is 12.9. The Balaban J connectivity index is 1.38. The molecule has 2 aromatic carbocycles. The first kappa shape index (κ1) is 16.1. The Hall–Kier alpha value is -2.13. The first-order valence-electron chi connectivity index (χ1n) is 10.1. The Morgan fingerprint density at radius 3 is 2.62 bits per heavy atom. The number of rotatable bonds is 3. The van der Waals surface area contributed by atoms with Crippen LogP contribution in [0, 0.1) is 5.92 Å². The van der Waals surface area contributed by atoms with Crippen LogP contribution < -0.4 is 0 Å². The van der Waals surface area contributed by atoms with Crippen LogP contribution in [0.4, 0.5) is 0 Å². The van der Waals surface area contributed by atoms with Gasteiger partial charge in [-0.05, 0) is 55.3 Å². The third kappa shape index (κ3) is 2.95. The van der Waals surface area contributed by atoms with Crippen LogP contribution in [0.3, 0.4) is 0 Å². The summed E-state index contributed by atoms with van der Waals surface area (Å²) in [6.45, 7) is 2.13. The molecule has 1 aliphatic carbocycles. The van der Waals surface area contributed by atoms with Crippen molar-refractivity contribution in [3.8, 4) is 0 Å². The lowest BCUT2D eigenvalue weighted by molar-refractivity contribution is 0.0373. The molecular formula is C23H27N3.